The van der Waals surface area contributed by atoms with Gasteiger partial charge in [0.05, 0.1) is 0 Å². The van der Waals surface area contributed by atoms with E-state index in [0.29, 0.717) is 0 Å². The first-order chi connectivity index (χ1) is 17.7. The lowest BCUT2D eigenvalue weighted by Crippen LogP contribution is -1.93. The highest BCUT2D eigenvalue weighted by Crippen LogP contribution is 2.13. The zero-order chi connectivity index (χ0) is 25.4. The first-order valence-electron chi connectivity index (χ1n) is 13.9. The standard InChI is InChI=1S/C35H41N/c1-4-7-9-11-13-29-15-19-31(20-16-29)23-25-34-28-36-35(27-33(34)6-3)26-24-32-21-17-30(18-22-32)14-12-10-8-5-2/h15-22,27-28H,4-14H2,1-3H3. The molecule has 1 nitrogen and oxygen atoms in total. The van der Waals surface area contributed by atoms with Crippen molar-refractivity contribution in [3.8, 4) is 23.7 Å². The number of hydrogen-bond acceptors (Lipinski definition) is 1. The summed E-state index contributed by atoms with van der Waals surface area (Å²) in [6.45, 7) is 6.66. The molecule has 36 heavy (non-hydrogen) atoms. The summed E-state index contributed by atoms with van der Waals surface area (Å²) in [7, 11) is 0. The Labute approximate surface area is 219 Å². The normalized spacial score (nSPS) is 10.3. The molecule has 1 heterocycles. The quantitative estimate of drug-likeness (QED) is 0.200. The van der Waals surface area contributed by atoms with Crippen LogP contribution in [0.4, 0.5) is 0 Å². The highest BCUT2D eigenvalue weighted by molar-refractivity contribution is 5.49. The van der Waals surface area contributed by atoms with E-state index >= 15 is 0 Å². The second-order valence-corrected chi connectivity index (χ2v) is 9.60. The topological polar surface area (TPSA) is 12.9 Å². The molecule has 0 amide bonds. The van der Waals surface area contributed by atoms with Crippen LogP contribution in [0.25, 0.3) is 0 Å². The Balaban J connectivity index is 1.61. The number of aromatic nitrogens is 1. The Morgan fingerprint density at radius 1 is 0.583 bits per heavy atom. The Morgan fingerprint density at radius 2 is 1.11 bits per heavy atom. The van der Waals surface area contributed by atoms with Gasteiger partial charge in [-0.15, -0.1) is 0 Å². The van der Waals surface area contributed by atoms with E-state index in [4.69, 9.17) is 0 Å². The molecule has 0 aliphatic rings. The van der Waals surface area contributed by atoms with E-state index in [0.717, 1.165) is 41.6 Å². The molecule has 0 aliphatic carbocycles. The van der Waals surface area contributed by atoms with Gasteiger partial charge in [-0.2, -0.15) is 0 Å². The van der Waals surface area contributed by atoms with Crippen LogP contribution < -0.4 is 0 Å². The van der Waals surface area contributed by atoms with Crippen LogP contribution in [0.5, 0.6) is 0 Å². The molecule has 186 valence electrons. The maximum atomic E-state index is 4.58. The van der Waals surface area contributed by atoms with Crippen molar-refractivity contribution in [3.63, 3.8) is 0 Å². The smallest absolute Gasteiger partial charge is 0.113 e. The molecule has 3 aromatic rings. The Kier molecular flexibility index (Phi) is 11.9. The van der Waals surface area contributed by atoms with Crippen LogP contribution in [0.1, 0.15) is 111 Å². The number of aryl methyl sites for hydroxylation is 3. The van der Waals surface area contributed by atoms with Crippen molar-refractivity contribution < 1.29 is 0 Å². The minimum absolute atomic E-state index is 0.800. The summed E-state index contributed by atoms with van der Waals surface area (Å²) in [5.74, 6) is 13.2. The van der Waals surface area contributed by atoms with E-state index in [1.54, 1.807) is 0 Å². The fourth-order valence-corrected chi connectivity index (χ4v) is 4.27. The van der Waals surface area contributed by atoms with E-state index in [-0.39, 0.29) is 0 Å². The molecule has 0 saturated heterocycles. The SMILES string of the molecule is CCCCCCc1ccc(C#Cc2cc(CC)c(C#Cc3ccc(CCCCCC)cc3)cn2)cc1. The van der Waals surface area contributed by atoms with Gasteiger partial charge in [0.25, 0.3) is 0 Å². The van der Waals surface area contributed by atoms with Crippen molar-refractivity contribution in [2.45, 2.75) is 91.4 Å². The molecule has 0 unspecified atom stereocenters. The van der Waals surface area contributed by atoms with Gasteiger partial charge < -0.3 is 0 Å². The van der Waals surface area contributed by atoms with E-state index in [9.17, 15) is 0 Å². The largest absolute Gasteiger partial charge is 0.246 e. The summed E-state index contributed by atoms with van der Waals surface area (Å²) in [5.41, 5.74) is 7.85. The molecular formula is C35H41N. The van der Waals surface area contributed by atoms with Gasteiger partial charge in [-0.1, -0.05) is 101 Å². The van der Waals surface area contributed by atoms with Gasteiger partial charge in [-0.25, -0.2) is 4.98 Å². The molecule has 0 bridgehead atoms. The van der Waals surface area contributed by atoms with Gasteiger partial charge in [0, 0.05) is 22.9 Å². The maximum absolute atomic E-state index is 4.58. The summed E-state index contributed by atoms with van der Waals surface area (Å²) in [6, 6.07) is 19.4. The first-order valence-corrected chi connectivity index (χ1v) is 13.9. The molecule has 1 heteroatoms. The van der Waals surface area contributed by atoms with Crippen molar-refractivity contribution in [2.24, 2.45) is 0 Å². The van der Waals surface area contributed by atoms with Crippen molar-refractivity contribution in [3.05, 3.63) is 99.9 Å². The number of rotatable bonds is 11. The zero-order valence-electron chi connectivity index (χ0n) is 22.5. The summed E-state index contributed by atoms with van der Waals surface area (Å²) in [5, 5.41) is 0. The molecule has 0 atom stereocenters. The van der Waals surface area contributed by atoms with Gasteiger partial charge in [-0.3, -0.25) is 0 Å². The van der Waals surface area contributed by atoms with Crippen LogP contribution in [-0.2, 0) is 19.3 Å². The molecule has 0 fully saturated rings. The fraction of sp³-hybridized carbons (Fsp3) is 0.400. The van der Waals surface area contributed by atoms with E-state index in [1.165, 1.54) is 68.1 Å². The predicted molar refractivity (Wildman–Crippen MR) is 154 cm³/mol. The third-order valence-electron chi connectivity index (χ3n) is 6.59. The van der Waals surface area contributed by atoms with Crippen LogP contribution >= 0.6 is 0 Å². The van der Waals surface area contributed by atoms with E-state index in [2.05, 4.69) is 104 Å². The Bertz CT molecular complexity index is 1180. The van der Waals surface area contributed by atoms with Crippen LogP contribution in [0, 0.1) is 23.7 Å². The second kappa shape index (κ2) is 15.7. The molecule has 0 spiro atoms. The minimum atomic E-state index is 0.800. The van der Waals surface area contributed by atoms with Crippen molar-refractivity contribution in [1.82, 2.24) is 4.98 Å². The number of benzene rings is 2. The Morgan fingerprint density at radius 3 is 1.61 bits per heavy atom. The highest BCUT2D eigenvalue weighted by Gasteiger charge is 2.01. The van der Waals surface area contributed by atoms with E-state index < -0.39 is 0 Å². The molecule has 0 aliphatic heterocycles. The van der Waals surface area contributed by atoms with Gasteiger partial charge in [0.15, 0.2) is 0 Å². The summed E-state index contributed by atoms with van der Waals surface area (Å²) in [6.07, 6.45) is 15.5. The first kappa shape index (κ1) is 27.3. The monoisotopic (exact) mass is 475 g/mol. The molecule has 0 radical (unpaired) electrons. The lowest BCUT2D eigenvalue weighted by Gasteiger charge is -2.03. The fourth-order valence-electron chi connectivity index (χ4n) is 4.27. The summed E-state index contributed by atoms with van der Waals surface area (Å²) < 4.78 is 0. The molecule has 1 aromatic heterocycles. The van der Waals surface area contributed by atoms with Crippen molar-refractivity contribution in [2.75, 3.05) is 0 Å². The average Bonchev–Trinajstić information content (AvgIpc) is 2.92. The molecular weight excluding hydrogens is 434 g/mol. The molecule has 3 rings (SSSR count). The van der Waals surface area contributed by atoms with Crippen molar-refractivity contribution in [1.29, 1.82) is 0 Å². The molecule has 2 aromatic carbocycles. The number of hydrogen-bond donors (Lipinski definition) is 0. The van der Waals surface area contributed by atoms with Gasteiger partial charge >= 0.3 is 0 Å². The Hall–Kier alpha value is -3.29. The lowest BCUT2D eigenvalue weighted by molar-refractivity contribution is 0.667. The lowest BCUT2D eigenvalue weighted by atomic mass is 10.0. The van der Waals surface area contributed by atoms with Crippen LogP contribution in [0.15, 0.2) is 60.8 Å². The van der Waals surface area contributed by atoms with Gasteiger partial charge in [-0.05, 0) is 85.0 Å². The van der Waals surface area contributed by atoms with E-state index in [1.807, 2.05) is 6.20 Å². The maximum Gasteiger partial charge on any atom is 0.113 e. The third kappa shape index (κ3) is 9.40. The average molecular weight is 476 g/mol. The zero-order valence-corrected chi connectivity index (χ0v) is 22.5. The highest BCUT2D eigenvalue weighted by atomic mass is 14.7. The summed E-state index contributed by atoms with van der Waals surface area (Å²) >= 11 is 0. The number of nitrogens with zero attached hydrogens (tertiary/aromatic N) is 1. The number of unbranched alkanes of at least 4 members (excludes halogenated alkanes) is 6. The van der Waals surface area contributed by atoms with Crippen molar-refractivity contribution >= 4 is 0 Å². The van der Waals surface area contributed by atoms with Crippen LogP contribution in [0.3, 0.4) is 0 Å². The number of pyridine rings is 1. The minimum Gasteiger partial charge on any atom is -0.246 e. The predicted octanol–water partition coefficient (Wildman–Crippen LogP) is 8.69. The van der Waals surface area contributed by atoms with Crippen LogP contribution in [-0.4, -0.2) is 4.98 Å². The second-order valence-electron chi connectivity index (χ2n) is 9.60. The third-order valence-corrected chi connectivity index (χ3v) is 6.59. The van der Waals surface area contributed by atoms with Crippen LogP contribution in [0.2, 0.25) is 0 Å². The van der Waals surface area contributed by atoms with Gasteiger partial charge in [0.2, 0.25) is 0 Å². The molecule has 0 saturated carbocycles. The summed E-state index contributed by atoms with van der Waals surface area (Å²) in [4.78, 5) is 4.58. The van der Waals surface area contributed by atoms with Gasteiger partial charge in [0.1, 0.15) is 5.69 Å². The molecule has 0 N–H and O–H groups in total.